The first-order valence-electron chi connectivity index (χ1n) is 7.19. The van der Waals surface area contributed by atoms with E-state index in [0.717, 1.165) is 17.5 Å². The highest BCUT2D eigenvalue weighted by atomic mass is 19.4. The highest BCUT2D eigenvalue weighted by Crippen LogP contribution is 2.32. The molecule has 0 atom stereocenters. The van der Waals surface area contributed by atoms with Crippen molar-refractivity contribution in [2.45, 2.75) is 33.5 Å². The Morgan fingerprint density at radius 2 is 1.96 bits per heavy atom. The number of carbonyl (C=O) groups is 1. The number of aromatic nitrogens is 2. The Hall–Kier alpha value is -2.64. The third-order valence-corrected chi connectivity index (χ3v) is 3.37. The maximum absolute atomic E-state index is 13.0. The fraction of sp³-hybridized carbons (Fsp3) is 0.312. The van der Waals surface area contributed by atoms with Gasteiger partial charge in [0.15, 0.2) is 0 Å². The van der Waals surface area contributed by atoms with Crippen molar-refractivity contribution < 1.29 is 18.0 Å². The number of rotatable bonds is 4. The summed E-state index contributed by atoms with van der Waals surface area (Å²) in [5.74, 6) is -0.468. The fourth-order valence-electron chi connectivity index (χ4n) is 2.26. The number of hydrogen-bond donors (Lipinski definition) is 1. The quantitative estimate of drug-likeness (QED) is 0.688. The lowest BCUT2D eigenvalue weighted by Gasteiger charge is -2.12. The number of hydrogen-bond acceptors (Lipinski definition) is 3. The molecule has 0 aliphatic rings. The van der Waals surface area contributed by atoms with E-state index in [1.54, 1.807) is 13.8 Å². The van der Waals surface area contributed by atoms with Gasteiger partial charge in [0.25, 0.3) is 5.91 Å². The van der Waals surface area contributed by atoms with Crippen molar-refractivity contribution in [3.63, 3.8) is 0 Å². The molecule has 1 amide bonds. The van der Waals surface area contributed by atoms with Crippen molar-refractivity contribution in [2.75, 3.05) is 0 Å². The minimum absolute atomic E-state index is 0.0582. The predicted octanol–water partition coefficient (Wildman–Crippen LogP) is 3.06. The van der Waals surface area contributed by atoms with Crippen molar-refractivity contribution in [1.29, 1.82) is 0 Å². The van der Waals surface area contributed by atoms with Crippen LogP contribution < -0.4 is 5.43 Å². The molecule has 0 aliphatic heterocycles. The summed E-state index contributed by atoms with van der Waals surface area (Å²) in [7, 11) is 0. The normalized spacial score (nSPS) is 12.3. The summed E-state index contributed by atoms with van der Waals surface area (Å²) >= 11 is 0. The predicted molar refractivity (Wildman–Crippen MR) is 83.5 cm³/mol. The van der Waals surface area contributed by atoms with Gasteiger partial charge in [0.05, 0.1) is 17.0 Å². The summed E-state index contributed by atoms with van der Waals surface area (Å²) in [6.07, 6.45) is -4.49. The number of nitrogens with one attached hydrogen (secondary N) is 1. The minimum atomic E-state index is -4.49. The van der Waals surface area contributed by atoms with Gasteiger partial charge in [0, 0.05) is 11.3 Å². The SMILES string of the molecule is C/C(=N\NC(=O)Cn1nc(C)cc1C)c1ccccc1C(F)(F)F. The standard InChI is InChI=1S/C16H17F3N4O/c1-10-8-11(2)23(22-10)9-15(24)21-20-12(3)13-6-4-5-7-14(13)16(17,18)19/h4-8H,9H2,1-3H3,(H,21,24)/b20-12+. The van der Waals surface area contributed by atoms with Crippen molar-refractivity contribution in [3.05, 3.63) is 52.8 Å². The number of carbonyl (C=O) groups excluding carboxylic acids is 1. The molecule has 0 aliphatic carbocycles. The van der Waals surface area contributed by atoms with E-state index >= 15 is 0 Å². The van der Waals surface area contributed by atoms with Gasteiger partial charge in [-0.25, -0.2) is 5.43 Å². The molecule has 128 valence electrons. The summed E-state index contributed by atoms with van der Waals surface area (Å²) in [5, 5.41) is 7.92. The van der Waals surface area contributed by atoms with Crippen molar-refractivity contribution in [1.82, 2.24) is 15.2 Å². The van der Waals surface area contributed by atoms with Crippen LogP contribution in [0.1, 0.15) is 29.4 Å². The van der Waals surface area contributed by atoms with E-state index in [1.807, 2.05) is 6.07 Å². The third kappa shape index (κ3) is 4.21. The highest BCUT2D eigenvalue weighted by molar-refractivity contribution is 6.00. The summed E-state index contributed by atoms with van der Waals surface area (Å²) in [6.45, 7) is 4.96. The zero-order chi connectivity index (χ0) is 17.9. The average Bonchev–Trinajstić information content (AvgIpc) is 2.81. The second kappa shape index (κ2) is 6.86. The van der Waals surface area contributed by atoms with Crippen LogP contribution in [0.2, 0.25) is 0 Å². The molecular weight excluding hydrogens is 321 g/mol. The Morgan fingerprint density at radius 3 is 2.54 bits per heavy atom. The Kier molecular flexibility index (Phi) is 5.06. The first-order valence-corrected chi connectivity index (χ1v) is 7.19. The molecule has 0 radical (unpaired) electrons. The number of hydrazone groups is 1. The molecule has 0 bridgehead atoms. The van der Waals surface area contributed by atoms with E-state index in [4.69, 9.17) is 0 Å². The van der Waals surface area contributed by atoms with Crippen LogP contribution in [0.5, 0.6) is 0 Å². The van der Waals surface area contributed by atoms with E-state index in [2.05, 4.69) is 15.6 Å². The molecular formula is C16H17F3N4O. The van der Waals surface area contributed by atoms with Crippen LogP contribution in [-0.2, 0) is 17.5 Å². The Morgan fingerprint density at radius 1 is 1.29 bits per heavy atom. The van der Waals surface area contributed by atoms with Crippen LogP contribution >= 0.6 is 0 Å². The number of alkyl halides is 3. The first-order chi connectivity index (χ1) is 11.2. The summed E-state index contributed by atoms with van der Waals surface area (Å²) < 4.78 is 40.5. The molecule has 0 saturated carbocycles. The van der Waals surface area contributed by atoms with Gasteiger partial charge in [-0.1, -0.05) is 18.2 Å². The number of benzene rings is 1. The maximum Gasteiger partial charge on any atom is 0.417 e. The molecule has 2 aromatic rings. The second-order valence-electron chi connectivity index (χ2n) is 5.36. The van der Waals surface area contributed by atoms with Gasteiger partial charge >= 0.3 is 6.18 Å². The van der Waals surface area contributed by atoms with Crippen LogP contribution in [-0.4, -0.2) is 21.4 Å². The number of amides is 1. The van der Waals surface area contributed by atoms with Gasteiger partial charge in [-0.15, -0.1) is 0 Å². The van der Waals surface area contributed by atoms with Crippen LogP contribution in [0.25, 0.3) is 0 Å². The summed E-state index contributed by atoms with van der Waals surface area (Å²) in [4.78, 5) is 11.9. The number of halogens is 3. The molecule has 1 heterocycles. The van der Waals surface area contributed by atoms with Crippen LogP contribution in [0.4, 0.5) is 13.2 Å². The van der Waals surface area contributed by atoms with Gasteiger partial charge < -0.3 is 0 Å². The van der Waals surface area contributed by atoms with Crippen molar-refractivity contribution in [3.8, 4) is 0 Å². The molecule has 24 heavy (non-hydrogen) atoms. The van der Waals surface area contributed by atoms with Gasteiger partial charge in [-0.05, 0) is 32.9 Å². The molecule has 1 aromatic heterocycles. The maximum atomic E-state index is 13.0. The summed E-state index contributed by atoms with van der Waals surface area (Å²) in [6, 6.07) is 6.91. The molecule has 0 fully saturated rings. The monoisotopic (exact) mass is 338 g/mol. The minimum Gasteiger partial charge on any atom is -0.271 e. The number of aryl methyl sites for hydroxylation is 2. The molecule has 0 saturated heterocycles. The lowest BCUT2D eigenvalue weighted by molar-refractivity contribution is -0.137. The summed E-state index contributed by atoms with van der Waals surface area (Å²) in [5.41, 5.74) is 3.06. The Balaban J connectivity index is 2.12. The second-order valence-corrected chi connectivity index (χ2v) is 5.36. The number of nitrogens with zero attached hydrogens (tertiary/aromatic N) is 3. The molecule has 0 spiro atoms. The zero-order valence-corrected chi connectivity index (χ0v) is 13.5. The van der Waals surface area contributed by atoms with Crippen LogP contribution in [0, 0.1) is 13.8 Å². The molecule has 1 N–H and O–H groups in total. The van der Waals surface area contributed by atoms with Gasteiger partial charge in [0.1, 0.15) is 6.54 Å². The van der Waals surface area contributed by atoms with Gasteiger partial charge in [0.2, 0.25) is 0 Å². The molecule has 8 heteroatoms. The third-order valence-electron chi connectivity index (χ3n) is 3.37. The smallest absolute Gasteiger partial charge is 0.271 e. The van der Waals surface area contributed by atoms with E-state index in [-0.39, 0.29) is 17.8 Å². The van der Waals surface area contributed by atoms with Gasteiger partial charge in [-0.2, -0.15) is 23.4 Å². The van der Waals surface area contributed by atoms with Crippen molar-refractivity contribution in [2.24, 2.45) is 5.10 Å². The average molecular weight is 338 g/mol. The van der Waals surface area contributed by atoms with Crippen molar-refractivity contribution >= 4 is 11.6 Å². The van der Waals surface area contributed by atoms with E-state index in [0.29, 0.717) is 0 Å². The molecule has 1 aromatic carbocycles. The fourth-order valence-corrected chi connectivity index (χ4v) is 2.26. The largest absolute Gasteiger partial charge is 0.417 e. The first kappa shape index (κ1) is 17.7. The van der Waals surface area contributed by atoms with E-state index in [9.17, 15) is 18.0 Å². The molecule has 2 rings (SSSR count). The zero-order valence-electron chi connectivity index (χ0n) is 13.5. The topological polar surface area (TPSA) is 59.3 Å². The Labute approximate surface area is 137 Å². The van der Waals surface area contributed by atoms with Crippen LogP contribution in [0.3, 0.4) is 0 Å². The molecule has 5 nitrogen and oxygen atoms in total. The highest BCUT2D eigenvalue weighted by Gasteiger charge is 2.33. The lowest BCUT2D eigenvalue weighted by Crippen LogP contribution is -2.25. The van der Waals surface area contributed by atoms with E-state index < -0.39 is 17.6 Å². The van der Waals surface area contributed by atoms with Crippen LogP contribution in [0.15, 0.2) is 35.4 Å². The lowest BCUT2D eigenvalue weighted by atomic mass is 10.0. The molecule has 0 unspecified atom stereocenters. The van der Waals surface area contributed by atoms with E-state index in [1.165, 1.54) is 29.8 Å². The Bertz CT molecular complexity index is 778. The van der Waals surface area contributed by atoms with Gasteiger partial charge in [-0.3, -0.25) is 9.48 Å².